The second-order valence-corrected chi connectivity index (χ2v) is 5.58. The van der Waals surface area contributed by atoms with Crippen LogP contribution in [0.2, 0.25) is 0 Å². The second kappa shape index (κ2) is 4.26. The molecule has 2 heteroatoms. The van der Waals surface area contributed by atoms with Crippen LogP contribution in [-0.2, 0) is 6.42 Å². The van der Waals surface area contributed by atoms with E-state index in [0.717, 1.165) is 17.3 Å². The lowest BCUT2D eigenvalue weighted by molar-refractivity contribution is 0.105. The quantitative estimate of drug-likeness (QED) is 0.886. The molecule has 0 saturated heterocycles. The Kier molecular flexibility index (Phi) is 3.17. The zero-order valence-electron chi connectivity index (χ0n) is 9.04. The largest absolute Gasteiger partial charge is 0.393 e. The standard InChI is InChI=1S/C13H17BrO/c1-10(15)13(8-9-13)7-6-11-2-4-12(14)5-3-11/h2-5,10,15H,6-9H2,1H3. The number of hydrogen-bond acceptors (Lipinski definition) is 1. The first kappa shape index (κ1) is 11.2. The molecule has 1 aliphatic carbocycles. The topological polar surface area (TPSA) is 20.2 Å². The molecule has 1 aromatic carbocycles. The van der Waals surface area contributed by atoms with Crippen molar-refractivity contribution in [2.45, 2.75) is 38.7 Å². The molecule has 0 amide bonds. The Labute approximate surface area is 99.6 Å². The highest BCUT2D eigenvalue weighted by atomic mass is 79.9. The van der Waals surface area contributed by atoms with Gasteiger partial charge in [-0.05, 0) is 55.7 Å². The van der Waals surface area contributed by atoms with Crippen molar-refractivity contribution in [1.29, 1.82) is 0 Å². The van der Waals surface area contributed by atoms with Crippen LogP contribution in [0.4, 0.5) is 0 Å². The zero-order valence-corrected chi connectivity index (χ0v) is 10.6. The van der Waals surface area contributed by atoms with Crippen molar-refractivity contribution in [3.05, 3.63) is 34.3 Å². The molecule has 1 N–H and O–H groups in total. The van der Waals surface area contributed by atoms with Crippen molar-refractivity contribution in [2.75, 3.05) is 0 Å². The van der Waals surface area contributed by atoms with Crippen LogP contribution in [0, 0.1) is 5.41 Å². The van der Waals surface area contributed by atoms with Crippen molar-refractivity contribution in [1.82, 2.24) is 0 Å². The predicted octanol–water partition coefficient (Wildman–Crippen LogP) is 3.54. The average molecular weight is 269 g/mol. The molecule has 1 fully saturated rings. The highest BCUT2D eigenvalue weighted by Gasteiger charge is 2.45. The van der Waals surface area contributed by atoms with Gasteiger partial charge in [0.1, 0.15) is 0 Å². The highest BCUT2D eigenvalue weighted by Crippen LogP contribution is 2.52. The summed E-state index contributed by atoms with van der Waals surface area (Å²) in [7, 11) is 0. The van der Waals surface area contributed by atoms with Crippen molar-refractivity contribution < 1.29 is 5.11 Å². The van der Waals surface area contributed by atoms with Gasteiger partial charge in [0.15, 0.2) is 0 Å². The van der Waals surface area contributed by atoms with Gasteiger partial charge in [-0.2, -0.15) is 0 Å². The van der Waals surface area contributed by atoms with Gasteiger partial charge in [-0.1, -0.05) is 28.1 Å². The summed E-state index contributed by atoms with van der Waals surface area (Å²) in [5.74, 6) is 0. The molecule has 0 radical (unpaired) electrons. The summed E-state index contributed by atoms with van der Waals surface area (Å²) in [5, 5.41) is 9.66. The number of benzene rings is 1. The average Bonchev–Trinajstić information content (AvgIpc) is 2.98. The van der Waals surface area contributed by atoms with Gasteiger partial charge in [0.2, 0.25) is 0 Å². The van der Waals surface area contributed by atoms with E-state index in [9.17, 15) is 5.11 Å². The van der Waals surface area contributed by atoms with Crippen LogP contribution in [-0.4, -0.2) is 11.2 Å². The van der Waals surface area contributed by atoms with E-state index >= 15 is 0 Å². The molecule has 0 spiro atoms. The molecule has 0 aliphatic heterocycles. The normalized spacial score (nSPS) is 19.9. The van der Waals surface area contributed by atoms with E-state index < -0.39 is 0 Å². The van der Waals surface area contributed by atoms with E-state index in [2.05, 4.69) is 40.2 Å². The van der Waals surface area contributed by atoms with E-state index in [4.69, 9.17) is 0 Å². The third kappa shape index (κ3) is 2.61. The number of aryl methyl sites for hydroxylation is 1. The van der Waals surface area contributed by atoms with Crippen molar-refractivity contribution >= 4 is 15.9 Å². The molecule has 82 valence electrons. The zero-order chi connectivity index (χ0) is 10.9. The molecule has 1 aromatic rings. The smallest absolute Gasteiger partial charge is 0.0568 e. The number of aliphatic hydroxyl groups excluding tert-OH is 1. The Balaban J connectivity index is 1.91. The fourth-order valence-electron chi connectivity index (χ4n) is 2.08. The first-order valence-corrected chi connectivity index (χ1v) is 6.34. The van der Waals surface area contributed by atoms with E-state index in [-0.39, 0.29) is 11.5 Å². The highest BCUT2D eigenvalue weighted by molar-refractivity contribution is 9.10. The SMILES string of the molecule is CC(O)C1(CCc2ccc(Br)cc2)CC1. The van der Waals surface area contributed by atoms with E-state index in [1.807, 2.05) is 6.92 Å². The first-order valence-electron chi connectivity index (χ1n) is 5.55. The van der Waals surface area contributed by atoms with Crippen molar-refractivity contribution in [3.8, 4) is 0 Å². The summed E-state index contributed by atoms with van der Waals surface area (Å²) in [6.07, 6.45) is 4.44. The monoisotopic (exact) mass is 268 g/mol. The van der Waals surface area contributed by atoms with Gasteiger partial charge in [0.25, 0.3) is 0 Å². The third-order valence-corrected chi connectivity index (χ3v) is 4.13. The number of aliphatic hydroxyl groups is 1. The maximum atomic E-state index is 9.66. The molecule has 1 aliphatic rings. The van der Waals surface area contributed by atoms with Gasteiger partial charge >= 0.3 is 0 Å². The maximum absolute atomic E-state index is 9.66. The Bertz CT molecular complexity index is 325. The van der Waals surface area contributed by atoms with Crippen LogP contribution in [0.15, 0.2) is 28.7 Å². The molecule has 0 aromatic heterocycles. The van der Waals surface area contributed by atoms with E-state index in [0.29, 0.717) is 0 Å². The van der Waals surface area contributed by atoms with Gasteiger partial charge in [0, 0.05) is 4.47 Å². The van der Waals surface area contributed by atoms with E-state index in [1.165, 1.54) is 18.4 Å². The molecular formula is C13H17BrO. The summed E-state index contributed by atoms with van der Waals surface area (Å²) in [5.41, 5.74) is 1.61. The molecule has 15 heavy (non-hydrogen) atoms. The molecule has 1 unspecified atom stereocenters. The van der Waals surface area contributed by atoms with Crippen molar-refractivity contribution in [3.63, 3.8) is 0 Å². The summed E-state index contributed by atoms with van der Waals surface area (Å²) in [6, 6.07) is 8.47. The van der Waals surface area contributed by atoms with Crippen LogP contribution >= 0.6 is 15.9 Å². The molecular weight excluding hydrogens is 252 g/mol. The maximum Gasteiger partial charge on any atom is 0.0568 e. The Morgan fingerprint density at radius 1 is 1.33 bits per heavy atom. The molecule has 1 nitrogen and oxygen atoms in total. The number of halogens is 1. The van der Waals surface area contributed by atoms with E-state index in [1.54, 1.807) is 0 Å². The third-order valence-electron chi connectivity index (χ3n) is 3.60. The number of hydrogen-bond donors (Lipinski definition) is 1. The van der Waals surface area contributed by atoms with Gasteiger partial charge in [-0.15, -0.1) is 0 Å². The molecule has 0 heterocycles. The molecule has 1 saturated carbocycles. The van der Waals surface area contributed by atoms with Crippen LogP contribution in [0.5, 0.6) is 0 Å². The minimum atomic E-state index is -0.145. The minimum absolute atomic E-state index is 0.145. The predicted molar refractivity (Wildman–Crippen MR) is 65.8 cm³/mol. The van der Waals surface area contributed by atoms with Crippen LogP contribution in [0.25, 0.3) is 0 Å². The Morgan fingerprint density at radius 3 is 2.40 bits per heavy atom. The summed E-state index contributed by atoms with van der Waals surface area (Å²) >= 11 is 3.43. The lowest BCUT2D eigenvalue weighted by Crippen LogP contribution is -2.18. The lowest BCUT2D eigenvalue weighted by Gasteiger charge is -2.18. The van der Waals surface area contributed by atoms with Gasteiger partial charge in [-0.3, -0.25) is 0 Å². The second-order valence-electron chi connectivity index (χ2n) is 4.66. The minimum Gasteiger partial charge on any atom is -0.393 e. The van der Waals surface area contributed by atoms with Gasteiger partial charge < -0.3 is 5.11 Å². The number of rotatable bonds is 4. The summed E-state index contributed by atoms with van der Waals surface area (Å²) in [6.45, 7) is 1.93. The Morgan fingerprint density at radius 2 is 1.93 bits per heavy atom. The first-order chi connectivity index (χ1) is 7.12. The van der Waals surface area contributed by atoms with Crippen molar-refractivity contribution in [2.24, 2.45) is 5.41 Å². The molecule has 2 rings (SSSR count). The lowest BCUT2D eigenvalue weighted by atomic mass is 9.92. The van der Waals surface area contributed by atoms with Crippen LogP contribution < -0.4 is 0 Å². The van der Waals surface area contributed by atoms with Crippen LogP contribution in [0.1, 0.15) is 31.7 Å². The Hall–Kier alpha value is -0.340. The molecule has 0 bridgehead atoms. The van der Waals surface area contributed by atoms with Gasteiger partial charge in [-0.25, -0.2) is 0 Å². The summed E-state index contributed by atoms with van der Waals surface area (Å²) < 4.78 is 1.13. The molecule has 1 atom stereocenters. The van der Waals surface area contributed by atoms with Gasteiger partial charge in [0.05, 0.1) is 6.10 Å². The van der Waals surface area contributed by atoms with Crippen LogP contribution in [0.3, 0.4) is 0 Å². The summed E-state index contributed by atoms with van der Waals surface area (Å²) in [4.78, 5) is 0. The fourth-order valence-corrected chi connectivity index (χ4v) is 2.35. The fraction of sp³-hybridized carbons (Fsp3) is 0.538.